The lowest BCUT2D eigenvalue weighted by molar-refractivity contribution is -0.139. The first-order valence-electron chi connectivity index (χ1n) is 7.48. The fourth-order valence-corrected chi connectivity index (χ4v) is 1.84. The van der Waals surface area contributed by atoms with Gasteiger partial charge in [0.15, 0.2) is 0 Å². The highest BCUT2D eigenvalue weighted by Gasteiger charge is 2.23. The van der Waals surface area contributed by atoms with E-state index >= 15 is 0 Å². The zero-order chi connectivity index (χ0) is 15.6. The summed E-state index contributed by atoms with van der Waals surface area (Å²) in [5, 5.41) is 11.5. The van der Waals surface area contributed by atoms with Crippen LogP contribution in [0.2, 0.25) is 0 Å². The van der Waals surface area contributed by atoms with Crippen LogP contribution in [0.15, 0.2) is 0 Å². The maximum absolute atomic E-state index is 11.6. The van der Waals surface area contributed by atoms with Crippen molar-refractivity contribution in [1.82, 2.24) is 5.32 Å². The maximum atomic E-state index is 11.6. The van der Waals surface area contributed by atoms with Gasteiger partial charge in [0, 0.05) is 0 Å². The van der Waals surface area contributed by atoms with E-state index in [0.29, 0.717) is 6.42 Å². The lowest BCUT2D eigenvalue weighted by Gasteiger charge is -2.22. The van der Waals surface area contributed by atoms with Gasteiger partial charge in [0.05, 0.1) is 0 Å². The van der Waals surface area contributed by atoms with E-state index in [9.17, 15) is 9.59 Å². The van der Waals surface area contributed by atoms with Gasteiger partial charge in [-0.15, -0.1) is 0 Å². The summed E-state index contributed by atoms with van der Waals surface area (Å²) in [7, 11) is 0. The summed E-state index contributed by atoms with van der Waals surface area (Å²) in [5.41, 5.74) is -0.618. The number of hydrogen-bond acceptors (Lipinski definition) is 3. The summed E-state index contributed by atoms with van der Waals surface area (Å²) in [6.07, 6.45) is 6.30. The first kappa shape index (κ1) is 18.7. The molecule has 0 aliphatic rings. The quantitative estimate of drug-likeness (QED) is 0.634. The third-order valence-electron chi connectivity index (χ3n) is 2.84. The summed E-state index contributed by atoms with van der Waals surface area (Å²) in [6.45, 7) is 7.40. The molecule has 20 heavy (non-hydrogen) atoms. The molecule has 0 spiro atoms. The predicted octanol–water partition coefficient (Wildman–Crippen LogP) is 3.71. The largest absolute Gasteiger partial charge is 0.480 e. The molecule has 0 aromatic rings. The third kappa shape index (κ3) is 10.6. The Morgan fingerprint density at radius 2 is 1.65 bits per heavy atom. The summed E-state index contributed by atoms with van der Waals surface area (Å²) >= 11 is 0. The number of ether oxygens (including phenoxy) is 1. The number of aliphatic carboxylic acids is 1. The van der Waals surface area contributed by atoms with E-state index in [0.717, 1.165) is 19.3 Å². The highest BCUT2D eigenvalue weighted by molar-refractivity contribution is 5.79. The molecule has 0 aliphatic carbocycles. The minimum absolute atomic E-state index is 0.445. The molecule has 0 aliphatic heterocycles. The zero-order valence-corrected chi connectivity index (χ0v) is 13.2. The Kier molecular flexibility index (Phi) is 9.01. The molecule has 0 radical (unpaired) electrons. The number of nitrogens with one attached hydrogen (secondary N) is 1. The number of rotatable bonds is 9. The molecule has 1 atom stereocenters. The molecule has 118 valence electrons. The van der Waals surface area contributed by atoms with E-state index in [4.69, 9.17) is 9.84 Å². The average molecular weight is 287 g/mol. The number of hydrogen-bond donors (Lipinski definition) is 2. The van der Waals surface area contributed by atoms with Crippen molar-refractivity contribution in [2.45, 2.75) is 84.3 Å². The summed E-state index contributed by atoms with van der Waals surface area (Å²) < 4.78 is 5.06. The molecule has 0 aromatic carbocycles. The van der Waals surface area contributed by atoms with Gasteiger partial charge in [0.2, 0.25) is 0 Å². The van der Waals surface area contributed by atoms with E-state index in [1.165, 1.54) is 19.3 Å². The Balaban J connectivity index is 3.99. The van der Waals surface area contributed by atoms with Crippen LogP contribution in [0.5, 0.6) is 0 Å². The van der Waals surface area contributed by atoms with E-state index < -0.39 is 23.7 Å². The molecule has 5 nitrogen and oxygen atoms in total. The van der Waals surface area contributed by atoms with E-state index in [-0.39, 0.29) is 0 Å². The highest BCUT2D eigenvalue weighted by atomic mass is 16.6. The minimum Gasteiger partial charge on any atom is -0.480 e. The van der Waals surface area contributed by atoms with Crippen LogP contribution in [-0.2, 0) is 9.53 Å². The monoisotopic (exact) mass is 287 g/mol. The number of amides is 1. The molecule has 0 bridgehead atoms. The van der Waals surface area contributed by atoms with E-state index in [2.05, 4.69) is 12.2 Å². The molecule has 0 rings (SSSR count). The smallest absolute Gasteiger partial charge is 0.408 e. The van der Waals surface area contributed by atoms with Gasteiger partial charge in [-0.25, -0.2) is 9.59 Å². The van der Waals surface area contributed by atoms with Crippen LogP contribution in [0.4, 0.5) is 4.79 Å². The van der Waals surface area contributed by atoms with Gasteiger partial charge in [-0.05, 0) is 27.2 Å². The number of unbranched alkanes of at least 4 members (excludes halogenated alkanes) is 5. The second-order valence-corrected chi connectivity index (χ2v) is 6.09. The average Bonchev–Trinajstić information content (AvgIpc) is 2.29. The van der Waals surface area contributed by atoms with Gasteiger partial charge >= 0.3 is 12.1 Å². The van der Waals surface area contributed by atoms with Gasteiger partial charge in [0.25, 0.3) is 0 Å². The predicted molar refractivity (Wildman–Crippen MR) is 78.8 cm³/mol. The van der Waals surface area contributed by atoms with Crippen molar-refractivity contribution >= 4 is 12.1 Å². The van der Waals surface area contributed by atoms with Crippen LogP contribution in [0.1, 0.15) is 72.6 Å². The van der Waals surface area contributed by atoms with Crippen molar-refractivity contribution in [3.05, 3.63) is 0 Å². The molecule has 1 amide bonds. The van der Waals surface area contributed by atoms with E-state index in [1.54, 1.807) is 20.8 Å². The molecule has 5 heteroatoms. The fraction of sp³-hybridized carbons (Fsp3) is 0.867. The van der Waals surface area contributed by atoms with Crippen molar-refractivity contribution in [3.8, 4) is 0 Å². The molecule has 0 aromatic heterocycles. The van der Waals surface area contributed by atoms with Crippen molar-refractivity contribution in [1.29, 1.82) is 0 Å². The Bertz CT molecular complexity index is 297. The van der Waals surface area contributed by atoms with Gasteiger partial charge in [-0.2, -0.15) is 0 Å². The Morgan fingerprint density at radius 3 is 2.15 bits per heavy atom. The topological polar surface area (TPSA) is 75.6 Å². The second-order valence-electron chi connectivity index (χ2n) is 6.09. The van der Waals surface area contributed by atoms with Crippen molar-refractivity contribution in [2.75, 3.05) is 0 Å². The first-order chi connectivity index (χ1) is 9.26. The molecule has 2 N–H and O–H groups in total. The molecule has 0 saturated carbocycles. The SMILES string of the molecule is CCCCCCCCC(NC(=O)OC(C)(C)C)C(=O)O. The van der Waals surface area contributed by atoms with Gasteiger partial charge in [0.1, 0.15) is 11.6 Å². The Labute approximate surface area is 122 Å². The van der Waals surface area contributed by atoms with Crippen LogP contribution in [0.25, 0.3) is 0 Å². The fourth-order valence-electron chi connectivity index (χ4n) is 1.84. The van der Waals surface area contributed by atoms with Crippen molar-refractivity contribution in [3.63, 3.8) is 0 Å². The van der Waals surface area contributed by atoms with Crippen molar-refractivity contribution in [2.24, 2.45) is 0 Å². The number of alkyl carbamates (subject to hydrolysis) is 1. The molecule has 0 heterocycles. The number of carbonyl (C=O) groups excluding carboxylic acids is 1. The standard InChI is InChI=1S/C15H29NO4/c1-5-6-7-8-9-10-11-12(13(17)18)16-14(19)20-15(2,3)4/h12H,5-11H2,1-4H3,(H,16,19)(H,17,18). The molecule has 0 fully saturated rings. The van der Waals surface area contributed by atoms with Gasteiger partial charge < -0.3 is 15.2 Å². The molecular weight excluding hydrogens is 258 g/mol. The lowest BCUT2D eigenvalue weighted by Crippen LogP contribution is -2.43. The van der Waals surface area contributed by atoms with Gasteiger partial charge in [-0.3, -0.25) is 0 Å². The normalized spacial score (nSPS) is 12.8. The Morgan fingerprint density at radius 1 is 1.10 bits per heavy atom. The number of carbonyl (C=O) groups is 2. The number of carboxylic acid groups (broad SMARTS) is 1. The van der Waals surface area contributed by atoms with Crippen LogP contribution in [-0.4, -0.2) is 28.8 Å². The summed E-state index contributed by atoms with van der Waals surface area (Å²) in [5.74, 6) is -1.01. The van der Waals surface area contributed by atoms with Crippen LogP contribution >= 0.6 is 0 Å². The van der Waals surface area contributed by atoms with Gasteiger partial charge in [-0.1, -0.05) is 45.4 Å². The molecular formula is C15H29NO4. The highest BCUT2D eigenvalue weighted by Crippen LogP contribution is 2.10. The van der Waals surface area contributed by atoms with Crippen LogP contribution < -0.4 is 5.32 Å². The van der Waals surface area contributed by atoms with Crippen LogP contribution in [0.3, 0.4) is 0 Å². The maximum Gasteiger partial charge on any atom is 0.408 e. The van der Waals surface area contributed by atoms with E-state index in [1.807, 2.05) is 0 Å². The molecule has 1 unspecified atom stereocenters. The second kappa shape index (κ2) is 9.61. The van der Waals surface area contributed by atoms with Crippen molar-refractivity contribution < 1.29 is 19.4 Å². The zero-order valence-electron chi connectivity index (χ0n) is 13.2. The summed E-state index contributed by atoms with van der Waals surface area (Å²) in [6, 6.07) is -0.865. The Hall–Kier alpha value is -1.26. The van der Waals surface area contributed by atoms with Crippen LogP contribution in [0, 0.1) is 0 Å². The minimum atomic E-state index is -1.01. The number of carboxylic acids is 1. The molecule has 0 saturated heterocycles. The first-order valence-corrected chi connectivity index (χ1v) is 7.48. The summed E-state index contributed by atoms with van der Waals surface area (Å²) in [4.78, 5) is 22.6. The third-order valence-corrected chi connectivity index (χ3v) is 2.84. The lowest BCUT2D eigenvalue weighted by atomic mass is 10.1.